The topological polar surface area (TPSA) is 72.9 Å². The number of allylic oxidation sites excluding steroid dienone is 1. The number of ether oxygens (including phenoxy) is 2. The normalized spacial score (nSPS) is 32.4. The molecule has 1 aliphatic heterocycles. The van der Waals surface area contributed by atoms with Crippen molar-refractivity contribution in [2.24, 2.45) is 17.8 Å². The van der Waals surface area contributed by atoms with Gasteiger partial charge in [-0.25, -0.2) is 17.5 Å². The molecule has 0 aromatic rings. The Bertz CT molecular complexity index is 652. The molecule has 2 aliphatic rings. The molecule has 0 unspecified atom stereocenters. The Morgan fingerprint density at radius 1 is 1.19 bits per heavy atom. The maximum absolute atomic E-state index is 13.1. The Labute approximate surface area is 164 Å². The van der Waals surface area contributed by atoms with Gasteiger partial charge in [0, 0.05) is 12.5 Å². The van der Waals surface area contributed by atoms with Gasteiger partial charge in [-0.1, -0.05) is 32.4 Å². The van der Waals surface area contributed by atoms with Crippen molar-refractivity contribution in [1.29, 1.82) is 0 Å². The average Bonchev–Trinajstić information content (AvgIpc) is 2.76. The van der Waals surface area contributed by atoms with Crippen LogP contribution in [0.15, 0.2) is 12.2 Å². The van der Waals surface area contributed by atoms with Gasteiger partial charge in [0.25, 0.3) is 0 Å². The van der Waals surface area contributed by atoms with E-state index in [1.807, 2.05) is 13.0 Å². The summed E-state index contributed by atoms with van der Waals surface area (Å²) >= 11 is 0. The van der Waals surface area contributed by atoms with E-state index >= 15 is 0 Å². The van der Waals surface area contributed by atoms with Crippen molar-refractivity contribution in [1.82, 2.24) is 4.31 Å². The van der Waals surface area contributed by atoms with Crippen molar-refractivity contribution in [2.75, 3.05) is 13.2 Å². The minimum Gasteiger partial charge on any atom is -0.443 e. The number of carbonyl (C=O) groups is 1. The second-order valence-electron chi connectivity index (χ2n) is 8.65. The number of sulfonamides is 1. The predicted molar refractivity (Wildman–Crippen MR) is 106 cm³/mol. The third-order valence-corrected chi connectivity index (χ3v) is 7.70. The number of unbranched alkanes of at least 4 members (excludes halogenated alkanes) is 1. The molecule has 0 aromatic heterocycles. The van der Waals surface area contributed by atoms with Crippen LogP contribution in [0.5, 0.6) is 0 Å². The molecular weight excluding hydrogens is 366 g/mol. The van der Waals surface area contributed by atoms with Gasteiger partial charge in [0.1, 0.15) is 10.9 Å². The summed E-state index contributed by atoms with van der Waals surface area (Å²) in [7, 11) is -3.79. The molecule has 2 rings (SSSR count). The van der Waals surface area contributed by atoms with E-state index in [2.05, 4.69) is 13.8 Å². The molecule has 0 aromatic carbocycles. The molecule has 1 saturated heterocycles. The summed E-state index contributed by atoms with van der Waals surface area (Å²) in [5.41, 5.74) is -0.745. The number of nitrogens with zero attached hydrogens (tertiary/aromatic N) is 1. The molecule has 0 spiro atoms. The lowest BCUT2D eigenvalue weighted by Gasteiger charge is -2.36. The Balaban J connectivity index is 2.29. The molecular formula is C20H35NO5S. The van der Waals surface area contributed by atoms with Gasteiger partial charge in [-0.05, 0) is 52.4 Å². The summed E-state index contributed by atoms with van der Waals surface area (Å²) in [6, 6.07) is -0.450. The van der Waals surface area contributed by atoms with Crippen LogP contribution < -0.4 is 0 Å². The molecule has 6 nitrogen and oxygen atoms in total. The first-order valence-corrected chi connectivity index (χ1v) is 11.6. The monoisotopic (exact) mass is 401 g/mol. The zero-order valence-electron chi connectivity index (χ0n) is 17.5. The summed E-state index contributed by atoms with van der Waals surface area (Å²) in [5.74, 6) is 0.141. The van der Waals surface area contributed by atoms with Gasteiger partial charge in [0.2, 0.25) is 10.0 Å². The highest BCUT2D eigenvalue weighted by Crippen LogP contribution is 2.46. The van der Waals surface area contributed by atoms with Crippen molar-refractivity contribution in [3.05, 3.63) is 12.2 Å². The van der Waals surface area contributed by atoms with Gasteiger partial charge in [-0.15, -0.1) is 0 Å². The first-order valence-electron chi connectivity index (χ1n) is 10.1. The molecule has 1 amide bonds. The standard InChI is InChI=1S/C20H35NO5S/c1-7-9-12-25-13-16-15(8-2)10-11-17-18(16)14(3)21(27(17,23)24)19(22)26-20(4,5)6/h10-11,14-18H,7-9,12-13H2,1-6H3/t14-,15-,16+,17-,18+/m1/s1. The zero-order chi connectivity index (χ0) is 20.4. The molecule has 1 fully saturated rings. The molecule has 1 heterocycles. The molecule has 0 radical (unpaired) electrons. The second-order valence-corrected chi connectivity index (χ2v) is 10.6. The summed E-state index contributed by atoms with van der Waals surface area (Å²) in [4.78, 5) is 12.7. The molecule has 156 valence electrons. The van der Waals surface area contributed by atoms with Crippen LogP contribution in [0, 0.1) is 17.8 Å². The number of carbonyl (C=O) groups excluding carboxylic acids is 1. The predicted octanol–water partition coefficient (Wildman–Crippen LogP) is 3.97. The van der Waals surface area contributed by atoms with Crippen molar-refractivity contribution in [2.45, 2.75) is 77.7 Å². The maximum Gasteiger partial charge on any atom is 0.424 e. The lowest BCUT2D eigenvalue weighted by molar-refractivity contribution is 0.0213. The van der Waals surface area contributed by atoms with E-state index < -0.39 is 33.0 Å². The van der Waals surface area contributed by atoms with Crippen LogP contribution in [0.25, 0.3) is 0 Å². The fourth-order valence-electron chi connectivity index (χ4n) is 4.22. The molecule has 1 aliphatic carbocycles. The van der Waals surface area contributed by atoms with E-state index in [1.54, 1.807) is 26.8 Å². The second kappa shape index (κ2) is 8.52. The first-order chi connectivity index (χ1) is 12.5. The highest BCUT2D eigenvalue weighted by molar-refractivity contribution is 7.90. The van der Waals surface area contributed by atoms with Gasteiger partial charge in [0.05, 0.1) is 12.6 Å². The Kier molecular flexibility index (Phi) is 7.01. The molecule has 27 heavy (non-hydrogen) atoms. The van der Waals surface area contributed by atoms with Crippen LogP contribution in [0.2, 0.25) is 0 Å². The third-order valence-electron chi connectivity index (χ3n) is 5.51. The smallest absolute Gasteiger partial charge is 0.424 e. The lowest BCUT2D eigenvalue weighted by atomic mass is 9.72. The summed E-state index contributed by atoms with van der Waals surface area (Å²) in [6.07, 6.45) is 5.96. The van der Waals surface area contributed by atoms with E-state index in [-0.39, 0.29) is 17.8 Å². The SMILES string of the molecule is CCCCOC[C@@H]1[C@@H]2[C@@H](C)N(C(=O)OC(C)(C)C)S(=O)(=O)[C@@H]2C=C[C@H]1CC. The largest absolute Gasteiger partial charge is 0.443 e. The minimum atomic E-state index is -3.79. The summed E-state index contributed by atoms with van der Waals surface area (Å²) in [6.45, 7) is 12.5. The van der Waals surface area contributed by atoms with Crippen LogP contribution in [-0.4, -0.2) is 48.9 Å². The zero-order valence-corrected chi connectivity index (χ0v) is 18.3. The van der Waals surface area contributed by atoms with Crippen molar-refractivity contribution in [3.63, 3.8) is 0 Å². The van der Waals surface area contributed by atoms with Gasteiger partial charge in [0.15, 0.2) is 0 Å². The minimum absolute atomic E-state index is 0.0686. The number of amides is 1. The van der Waals surface area contributed by atoms with Gasteiger partial charge >= 0.3 is 6.09 Å². The molecule has 0 N–H and O–H groups in total. The van der Waals surface area contributed by atoms with Crippen LogP contribution >= 0.6 is 0 Å². The molecule has 0 saturated carbocycles. The summed E-state index contributed by atoms with van der Waals surface area (Å²) < 4.78 is 38.5. The van der Waals surface area contributed by atoms with Gasteiger partial charge < -0.3 is 9.47 Å². The number of hydrogen-bond acceptors (Lipinski definition) is 5. The van der Waals surface area contributed by atoms with E-state index in [1.165, 1.54) is 0 Å². The van der Waals surface area contributed by atoms with Crippen LogP contribution in [0.4, 0.5) is 4.79 Å². The Morgan fingerprint density at radius 3 is 2.41 bits per heavy atom. The van der Waals surface area contributed by atoms with Crippen molar-refractivity contribution in [3.8, 4) is 0 Å². The highest BCUT2D eigenvalue weighted by Gasteiger charge is 2.57. The van der Waals surface area contributed by atoms with Crippen LogP contribution in [-0.2, 0) is 19.5 Å². The van der Waals surface area contributed by atoms with Crippen LogP contribution in [0.3, 0.4) is 0 Å². The number of fused-ring (bicyclic) bond motifs is 1. The fourth-order valence-corrected chi connectivity index (χ4v) is 6.45. The quantitative estimate of drug-likeness (QED) is 0.497. The lowest BCUT2D eigenvalue weighted by Crippen LogP contribution is -2.43. The average molecular weight is 402 g/mol. The van der Waals surface area contributed by atoms with Gasteiger partial charge in [-0.3, -0.25) is 0 Å². The molecule has 7 heteroatoms. The first kappa shape index (κ1) is 22.2. The van der Waals surface area contributed by atoms with Crippen molar-refractivity contribution >= 4 is 16.1 Å². The number of hydrogen-bond donors (Lipinski definition) is 0. The van der Waals surface area contributed by atoms with E-state index in [9.17, 15) is 13.2 Å². The number of rotatable bonds is 6. The Morgan fingerprint density at radius 2 is 1.85 bits per heavy atom. The third kappa shape index (κ3) is 4.67. The van der Waals surface area contributed by atoms with Gasteiger partial charge in [-0.2, -0.15) is 0 Å². The Hall–Kier alpha value is -1.08. The highest BCUT2D eigenvalue weighted by atomic mass is 32.2. The van der Waals surface area contributed by atoms with E-state index in [0.717, 1.165) is 23.6 Å². The van der Waals surface area contributed by atoms with E-state index in [4.69, 9.17) is 9.47 Å². The molecule has 0 bridgehead atoms. The van der Waals surface area contributed by atoms with Crippen molar-refractivity contribution < 1.29 is 22.7 Å². The van der Waals surface area contributed by atoms with Crippen LogP contribution in [0.1, 0.15) is 60.8 Å². The van der Waals surface area contributed by atoms with E-state index in [0.29, 0.717) is 13.2 Å². The maximum atomic E-state index is 13.1. The summed E-state index contributed by atoms with van der Waals surface area (Å²) in [5, 5.41) is -0.692. The molecule has 5 atom stereocenters. The fraction of sp³-hybridized carbons (Fsp3) is 0.850.